The summed E-state index contributed by atoms with van der Waals surface area (Å²) < 4.78 is 5.30. The molecule has 1 fully saturated rings. The van der Waals surface area contributed by atoms with Crippen LogP contribution in [0.25, 0.3) is 0 Å². The van der Waals surface area contributed by atoms with Crippen LogP contribution in [0.15, 0.2) is 42.5 Å². The maximum Gasteiger partial charge on any atom is 0.241 e. The lowest BCUT2D eigenvalue weighted by Gasteiger charge is -2.34. The van der Waals surface area contributed by atoms with Crippen molar-refractivity contribution in [2.75, 3.05) is 57.0 Å². The Morgan fingerprint density at radius 1 is 0.967 bits per heavy atom. The third-order valence-electron chi connectivity index (χ3n) is 5.37. The molecule has 2 N–H and O–H groups in total. The molecule has 2 aromatic rings. The molecule has 7 heteroatoms. The number of piperazine rings is 1. The number of anilines is 2. The number of amides is 2. The van der Waals surface area contributed by atoms with Gasteiger partial charge in [-0.3, -0.25) is 14.5 Å². The van der Waals surface area contributed by atoms with Gasteiger partial charge in [0.25, 0.3) is 0 Å². The SMILES string of the molecule is COc1ccccc1NCC(=O)N1CCN(CC(=O)Nc2c(C)cccc2C)CC1. The van der Waals surface area contributed by atoms with Gasteiger partial charge in [-0.25, -0.2) is 0 Å². The fourth-order valence-corrected chi connectivity index (χ4v) is 3.62. The number of aryl methyl sites for hydroxylation is 2. The lowest BCUT2D eigenvalue weighted by molar-refractivity contribution is -0.131. The predicted molar refractivity (Wildman–Crippen MR) is 119 cm³/mol. The molecule has 30 heavy (non-hydrogen) atoms. The molecule has 0 aromatic heterocycles. The Bertz CT molecular complexity index is 872. The van der Waals surface area contributed by atoms with Crippen LogP contribution in [0.4, 0.5) is 11.4 Å². The second kappa shape index (κ2) is 10.1. The number of para-hydroxylation sites is 3. The van der Waals surface area contributed by atoms with E-state index in [4.69, 9.17) is 4.74 Å². The summed E-state index contributed by atoms with van der Waals surface area (Å²) >= 11 is 0. The maximum atomic E-state index is 12.5. The van der Waals surface area contributed by atoms with Crippen molar-refractivity contribution >= 4 is 23.2 Å². The van der Waals surface area contributed by atoms with E-state index < -0.39 is 0 Å². The molecule has 3 rings (SSSR count). The summed E-state index contributed by atoms with van der Waals surface area (Å²) in [4.78, 5) is 28.9. The Hall–Kier alpha value is -3.06. The summed E-state index contributed by atoms with van der Waals surface area (Å²) in [6.07, 6.45) is 0. The van der Waals surface area contributed by atoms with E-state index in [9.17, 15) is 9.59 Å². The summed E-state index contributed by atoms with van der Waals surface area (Å²) in [6.45, 7) is 7.12. The minimum absolute atomic E-state index is 0.0231. The van der Waals surface area contributed by atoms with Crippen molar-refractivity contribution < 1.29 is 14.3 Å². The quantitative estimate of drug-likeness (QED) is 0.734. The molecule has 0 atom stereocenters. The molecular weight excluding hydrogens is 380 g/mol. The number of methoxy groups -OCH3 is 1. The highest BCUT2D eigenvalue weighted by molar-refractivity contribution is 5.93. The van der Waals surface area contributed by atoms with Crippen molar-refractivity contribution in [3.8, 4) is 5.75 Å². The number of carbonyl (C=O) groups is 2. The summed E-state index contributed by atoms with van der Waals surface area (Å²) in [7, 11) is 1.61. The Morgan fingerprint density at radius 2 is 1.63 bits per heavy atom. The first kappa shape index (κ1) is 21.6. The van der Waals surface area contributed by atoms with Crippen LogP contribution in [0.5, 0.6) is 5.75 Å². The van der Waals surface area contributed by atoms with Crippen LogP contribution < -0.4 is 15.4 Å². The molecule has 2 aromatic carbocycles. The first-order valence-corrected chi connectivity index (χ1v) is 10.2. The first-order chi connectivity index (χ1) is 14.5. The van der Waals surface area contributed by atoms with Gasteiger partial charge in [0.15, 0.2) is 0 Å². The second-order valence-electron chi connectivity index (χ2n) is 7.53. The first-order valence-electron chi connectivity index (χ1n) is 10.2. The molecule has 0 saturated carbocycles. The molecular formula is C23H30N4O3. The van der Waals surface area contributed by atoms with Crippen LogP contribution in [0, 0.1) is 13.8 Å². The molecule has 1 heterocycles. The number of carbonyl (C=O) groups excluding carboxylic acids is 2. The largest absolute Gasteiger partial charge is 0.495 e. The van der Waals surface area contributed by atoms with Gasteiger partial charge in [-0.1, -0.05) is 30.3 Å². The van der Waals surface area contributed by atoms with Crippen LogP contribution in [0.1, 0.15) is 11.1 Å². The van der Waals surface area contributed by atoms with E-state index in [1.807, 2.05) is 61.2 Å². The number of nitrogens with zero attached hydrogens (tertiary/aromatic N) is 2. The minimum atomic E-state index is -0.0231. The minimum Gasteiger partial charge on any atom is -0.495 e. The Labute approximate surface area is 178 Å². The Kier molecular flexibility index (Phi) is 7.30. The zero-order chi connectivity index (χ0) is 21.5. The number of ether oxygens (including phenoxy) is 1. The van der Waals surface area contributed by atoms with E-state index in [1.54, 1.807) is 7.11 Å². The van der Waals surface area contributed by atoms with E-state index in [0.717, 1.165) is 22.5 Å². The summed E-state index contributed by atoms with van der Waals surface area (Å²) in [5.41, 5.74) is 3.80. The Morgan fingerprint density at radius 3 is 2.30 bits per heavy atom. The van der Waals surface area contributed by atoms with Gasteiger partial charge in [-0.2, -0.15) is 0 Å². The van der Waals surface area contributed by atoms with Crippen molar-refractivity contribution in [1.82, 2.24) is 9.80 Å². The van der Waals surface area contributed by atoms with E-state index in [1.165, 1.54) is 0 Å². The third-order valence-corrected chi connectivity index (χ3v) is 5.37. The van der Waals surface area contributed by atoms with Crippen LogP contribution in [-0.4, -0.2) is 68.0 Å². The van der Waals surface area contributed by atoms with Crippen molar-refractivity contribution in [2.45, 2.75) is 13.8 Å². The highest BCUT2D eigenvalue weighted by atomic mass is 16.5. The normalized spacial score (nSPS) is 14.3. The van der Waals surface area contributed by atoms with Gasteiger partial charge in [0.05, 0.1) is 25.9 Å². The van der Waals surface area contributed by atoms with Crippen molar-refractivity contribution in [3.63, 3.8) is 0 Å². The van der Waals surface area contributed by atoms with Crippen LogP contribution in [0.3, 0.4) is 0 Å². The molecule has 1 aliphatic heterocycles. The van der Waals surface area contributed by atoms with Crippen LogP contribution in [0.2, 0.25) is 0 Å². The molecule has 1 aliphatic rings. The monoisotopic (exact) mass is 410 g/mol. The fourth-order valence-electron chi connectivity index (χ4n) is 3.62. The second-order valence-corrected chi connectivity index (χ2v) is 7.53. The fraction of sp³-hybridized carbons (Fsp3) is 0.391. The molecule has 2 amide bonds. The molecule has 0 spiro atoms. The van der Waals surface area contributed by atoms with Gasteiger partial charge >= 0.3 is 0 Å². The number of benzene rings is 2. The lowest BCUT2D eigenvalue weighted by Crippen LogP contribution is -2.51. The van der Waals surface area contributed by atoms with E-state index in [2.05, 4.69) is 15.5 Å². The molecule has 7 nitrogen and oxygen atoms in total. The zero-order valence-corrected chi connectivity index (χ0v) is 17.9. The average molecular weight is 411 g/mol. The Balaban J connectivity index is 1.44. The van der Waals surface area contributed by atoms with E-state index in [-0.39, 0.29) is 18.4 Å². The van der Waals surface area contributed by atoms with Crippen LogP contribution >= 0.6 is 0 Å². The lowest BCUT2D eigenvalue weighted by atomic mass is 10.1. The average Bonchev–Trinajstić information content (AvgIpc) is 2.75. The van der Waals surface area contributed by atoms with Gasteiger partial charge in [0, 0.05) is 31.9 Å². The number of hydrogen-bond donors (Lipinski definition) is 2. The number of hydrogen-bond acceptors (Lipinski definition) is 5. The van der Waals surface area contributed by atoms with Crippen LogP contribution in [-0.2, 0) is 9.59 Å². The molecule has 0 radical (unpaired) electrons. The molecule has 0 aliphatic carbocycles. The number of nitrogens with one attached hydrogen (secondary N) is 2. The predicted octanol–water partition coefficient (Wildman–Crippen LogP) is 2.51. The third kappa shape index (κ3) is 5.51. The topological polar surface area (TPSA) is 73.9 Å². The van der Waals surface area contributed by atoms with Gasteiger partial charge in [-0.05, 0) is 37.1 Å². The molecule has 0 bridgehead atoms. The summed E-state index contributed by atoms with van der Waals surface area (Å²) in [6, 6.07) is 13.5. The van der Waals surface area contributed by atoms with Crippen molar-refractivity contribution in [3.05, 3.63) is 53.6 Å². The highest BCUT2D eigenvalue weighted by Crippen LogP contribution is 2.23. The van der Waals surface area contributed by atoms with E-state index >= 15 is 0 Å². The molecule has 0 unspecified atom stereocenters. The highest BCUT2D eigenvalue weighted by Gasteiger charge is 2.22. The van der Waals surface area contributed by atoms with Gasteiger partial charge in [0.1, 0.15) is 5.75 Å². The van der Waals surface area contributed by atoms with E-state index in [0.29, 0.717) is 38.5 Å². The molecule has 160 valence electrons. The summed E-state index contributed by atoms with van der Waals surface area (Å²) in [5, 5.41) is 6.17. The summed E-state index contributed by atoms with van der Waals surface area (Å²) in [5.74, 6) is 0.732. The van der Waals surface area contributed by atoms with Gasteiger partial charge in [-0.15, -0.1) is 0 Å². The number of rotatable bonds is 7. The van der Waals surface area contributed by atoms with Crippen molar-refractivity contribution in [2.24, 2.45) is 0 Å². The standard InChI is InChI=1S/C23H30N4O3/c1-17-7-6-8-18(2)23(17)25-21(28)16-26-11-13-27(14-12-26)22(29)15-24-19-9-4-5-10-20(19)30-3/h4-10,24H,11-16H2,1-3H3,(H,25,28). The van der Waals surface area contributed by atoms with Gasteiger partial charge in [0.2, 0.25) is 11.8 Å². The maximum absolute atomic E-state index is 12.5. The smallest absolute Gasteiger partial charge is 0.241 e. The van der Waals surface area contributed by atoms with Crippen molar-refractivity contribution in [1.29, 1.82) is 0 Å². The molecule has 1 saturated heterocycles. The zero-order valence-electron chi connectivity index (χ0n) is 17.9. The van der Waals surface area contributed by atoms with Gasteiger partial charge < -0.3 is 20.3 Å².